The lowest BCUT2D eigenvalue weighted by Crippen LogP contribution is -2.49. The molecule has 2 atom stereocenters. The minimum Gasteiger partial charge on any atom is -0.301 e. The molecule has 8 heteroatoms. The van der Waals surface area contributed by atoms with Crippen LogP contribution in [-0.2, 0) is 14.6 Å². The summed E-state index contributed by atoms with van der Waals surface area (Å²) >= 11 is 0. The molecule has 0 aromatic rings. The Morgan fingerprint density at radius 2 is 2.21 bits per heavy atom. The lowest BCUT2D eigenvalue weighted by molar-refractivity contribution is -0.122. The van der Waals surface area contributed by atoms with Crippen LogP contribution in [0.25, 0.3) is 0 Å². The highest BCUT2D eigenvalue weighted by Crippen LogP contribution is 2.13. The smallest absolute Gasteiger partial charge is 0.238 e. The van der Waals surface area contributed by atoms with Crippen LogP contribution in [0, 0.1) is 5.92 Å². The molecule has 1 amide bonds. The van der Waals surface area contributed by atoms with Crippen molar-refractivity contribution in [3.8, 4) is 0 Å². The Balaban J connectivity index is 2.38. The van der Waals surface area contributed by atoms with Gasteiger partial charge in [-0.05, 0) is 0 Å². The number of amides is 1. The van der Waals surface area contributed by atoms with Crippen molar-refractivity contribution in [2.45, 2.75) is 6.17 Å². The zero-order chi connectivity index (χ0) is 10.3. The van der Waals surface area contributed by atoms with Gasteiger partial charge in [-0.3, -0.25) is 10.2 Å². The number of hydrazone groups is 1. The fourth-order valence-corrected chi connectivity index (χ4v) is 1.81. The second-order valence-corrected chi connectivity index (χ2v) is 5.00. The van der Waals surface area contributed by atoms with E-state index in [4.69, 9.17) is 0 Å². The zero-order valence-corrected chi connectivity index (χ0v) is 8.08. The van der Waals surface area contributed by atoms with Gasteiger partial charge in [0, 0.05) is 12.5 Å². The molecule has 0 fully saturated rings. The third-order valence-electron chi connectivity index (χ3n) is 1.92. The summed E-state index contributed by atoms with van der Waals surface area (Å²) in [7, 11) is -3.47. The molecule has 0 saturated heterocycles. The van der Waals surface area contributed by atoms with Gasteiger partial charge in [0.15, 0.2) is 6.17 Å². The average Bonchev–Trinajstić information content (AvgIpc) is 2.50. The van der Waals surface area contributed by atoms with Gasteiger partial charge in [0.2, 0.25) is 20.9 Å². The van der Waals surface area contributed by atoms with E-state index in [1.165, 1.54) is 6.21 Å². The minimum atomic E-state index is -3.47. The molecule has 7 nitrogen and oxygen atoms in total. The predicted octanol–water partition coefficient (Wildman–Crippen LogP) is -1.95. The van der Waals surface area contributed by atoms with Crippen LogP contribution >= 0.6 is 0 Å². The van der Waals surface area contributed by atoms with Crippen LogP contribution in [0.15, 0.2) is 10.1 Å². The SMILES string of the molecule is CS(=O)(=O)C1=N[C@H]2NN=C[C@H]2C(=O)N1. The number of nitrogens with zero attached hydrogens (tertiary/aromatic N) is 2. The van der Waals surface area contributed by atoms with Crippen molar-refractivity contribution in [3.63, 3.8) is 0 Å². The fourth-order valence-electron chi connectivity index (χ4n) is 1.22. The van der Waals surface area contributed by atoms with Crippen molar-refractivity contribution in [1.29, 1.82) is 0 Å². The Morgan fingerprint density at radius 3 is 2.86 bits per heavy atom. The Bertz CT molecular complexity index is 438. The van der Waals surface area contributed by atoms with Gasteiger partial charge >= 0.3 is 0 Å². The van der Waals surface area contributed by atoms with Crippen molar-refractivity contribution in [2.75, 3.05) is 6.26 Å². The Morgan fingerprint density at radius 1 is 1.50 bits per heavy atom. The maximum atomic E-state index is 11.3. The number of nitrogens with one attached hydrogen (secondary N) is 2. The molecule has 0 radical (unpaired) electrons. The molecule has 76 valence electrons. The second kappa shape index (κ2) is 2.77. The number of amidine groups is 1. The van der Waals surface area contributed by atoms with Gasteiger partial charge in [0.05, 0.1) is 0 Å². The molecule has 0 aromatic carbocycles. The van der Waals surface area contributed by atoms with Crippen molar-refractivity contribution in [2.24, 2.45) is 16.0 Å². The van der Waals surface area contributed by atoms with Gasteiger partial charge in [0.1, 0.15) is 5.92 Å². The summed E-state index contributed by atoms with van der Waals surface area (Å²) in [4.78, 5) is 15.2. The molecule has 2 N–H and O–H groups in total. The summed E-state index contributed by atoms with van der Waals surface area (Å²) in [5.41, 5.74) is 2.55. The van der Waals surface area contributed by atoms with Crippen molar-refractivity contribution in [1.82, 2.24) is 10.7 Å². The lowest BCUT2D eigenvalue weighted by Gasteiger charge is -2.20. The van der Waals surface area contributed by atoms with Crippen molar-refractivity contribution >= 4 is 27.1 Å². The third kappa shape index (κ3) is 1.37. The number of fused-ring (bicyclic) bond motifs is 1. The molecule has 2 aliphatic rings. The highest BCUT2D eigenvalue weighted by molar-refractivity contribution is 8.05. The largest absolute Gasteiger partial charge is 0.301 e. The summed E-state index contributed by atoms with van der Waals surface area (Å²) in [6.07, 6.45) is 1.80. The summed E-state index contributed by atoms with van der Waals surface area (Å²) in [5.74, 6) is -0.917. The number of hydrogen-bond acceptors (Lipinski definition) is 6. The van der Waals surface area contributed by atoms with Crippen LogP contribution in [0.1, 0.15) is 0 Å². The van der Waals surface area contributed by atoms with Crippen LogP contribution in [0.4, 0.5) is 0 Å². The van der Waals surface area contributed by atoms with Gasteiger partial charge in [-0.2, -0.15) is 5.10 Å². The standard InChI is InChI=1S/C6H8N4O3S/c1-14(12,13)6-8-4-3(2-7-10-4)5(11)9-6/h2-4,10H,1H3,(H,8,9,11)/t3-,4+/m1/s1. The van der Waals surface area contributed by atoms with Crippen LogP contribution in [0.2, 0.25) is 0 Å². The summed E-state index contributed by atoms with van der Waals surface area (Å²) < 4.78 is 22.2. The molecule has 14 heavy (non-hydrogen) atoms. The quantitative estimate of drug-likeness (QED) is 0.491. The molecule has 0 saturated carbocycles. The molecule has 0 aromatic heterocycles. The van der Waals surface area contributed by atoms with E-state index in [2.05, 4.69) is 20.8 Å². The van der Waals surface area contributed by atoms with E-state index in [1.807, 2.05) is 0 Å². The van der Waals surface area contributed by atoms with Crippen LogP contribution in [0.3, 0.4) is 0 Å². The fraction of sp³-hybridized carbons (Fsp3) is 0.500. The van der Waals surface area contributed by atoms with Crippen molar-refractivity contribution < 1.29 is 13.2 Å². The predicted molar refractivity (Wildman–Crippen MR) is 49.3 cm³/mol. The first-order chi connectivity index (χ1) is 6.48. The molecular formula is C6H8N4O3S. The third-order valence-corrected chi connectivity index (χ3v) is 2.83. The first-order valence-corrected chi connectivity index (χ1v) is 5.75. The normalized spacial score (nSPS) is 30.4. The number of rotatable bonds is 0. The average molecular weight is 216 g/mol. The molecule has 0 unspecified atom stereocenters. The summed E-state index contributed by atoms with van der Waals surface area (Å²) in [5, 5.41) is 5.57. The number of carbonyl (C=O) groups excluding carboxylic acids is 1. The maximum Gasteiger partial charge on any atom is 0.238 e. The van der Waals surface area contributed by atoms with E-state index >= 15 is 0 Å². The first-order valence-electron chi connectivity index (χ1n) is 3.86. The number of aliphatic imine (C=N–C) groups is 1. The molecule has 0 aliphatic carbocycles. The van der Waals surface area contributed by atoms with Gasteiger partial charge in [-0.25, -0.2) is 13.4 Å². The van der Waals surface area contributed by atoms with E-state index in [1.54, 1.807) is 0 Å². The van der Waals surface area contributed by atoms with Gasteiger partial charge in [0.25, 0.3) is 0 Å². The highest BCUT2D eigenvalue weighted by atomic mass is 32.2. The Kier molecular flexibility index (Phi) is 1.81. The summed E-state index contributed by atoms with van der Waals surface area (Å²) in [6, 6.07) is 0. The number of carbonyl (C=O) groups is 1. The van der Waals surface area contributed by atoms with E-state index in [0.29, 0.717) is 0 Å². The molecule has 2 rings (SSSR count). The number of hydrogen-bond donors (Lipinski definition) is 2. The lowest BCUT2D eigenvalue weighted by atomic mass is 10.1. The Labute approximate surface area is 80.2 Å². The molecular weight excluding hydrogens is 208 g/mol. The van der Waals surface area contributed by atoms with Gasteiger partial charge in [-0.15, -0.1) is 0 Å². The minimum absolute atomic E-state index is 0.304. The monoisotopic (exact) mass is 216 g/mol. The van der Waals surface area contributed by atoms with E-state index < -0.39 is 27.8 Å². The zero-order valence-electron chi connectivity index (χ0n) is 7.26. The second-order valence-electron chi connectivity index (χ2n) is 3.07. The van der Waals surface area contributed by atoms with E-state index in [9.17, 15) is 13.2 Å². The van der Waals surface area contributed by atoms with Crippen molar-refractivity contribution in [3.05, 3.63) is 0 Å². The highest BCUT2D eigenvalue weighted by Gasteiger charge is 2.37. The first kappa shape index (κ1) is 9.13. The van der Waals surface area contributed by atoms with Crippen LogP contribution in [-0.4, -0.2) is 38.1 Å². The Hall–Kier alpha value is -1.44. The van der Waals surface area contributed by atoms with E-state index in [-0.39, 0.29) is 5.17 Å². The topological polar surface area (TPSA) is 100.0 Å². The maximum absolute atomic E-state index is 11.3. The summed E-state index contributed by atoms with van der Waals surface area (Å²) in [6.45, 7) is 0. The molecule has 2 aliphatic heterocycles. The van der Waals surface area contributed by atoms with Crippen LogP contribution in [0.5, 0.6) is 0 Å². The van der Waals surface area contributed by atoms with Gasteiger partial charge < -0.3 is 5.32 Å². The molecule has 0 bridgehead atoms. The van der Waals surface area contributed by atoms with E-state index in [0.717, 1.165) is 6.26 Å². The molecule has 2 heterocycles. The number of sulfone groups is 1. The van der Waals surface area contributed by atoms with Crippen LogP contribution < -0.4 is 10.7 Å². The van der Waals surface area contributed by atoms with Gasteiger partial charge in [-0.1, -0.05) is 0 Å². The molecule has 0 spiro atoms.